The Labute approximate surface area is 98.9 Å². The third-order valence-electron chi connectivity index (χ3n) is 3.28. The highest BCUT2D eigenvalue weighted by molar-refractivity contribution is 5.77. The van der Waals surface area contributed by atoms with Crippen LogP contribution in [0.1, 0.15) is 36.9 Å². The molecule has 0 radical (unpaired) electrons. The molecule has 1 aromatic rings. The van der Waals surface area contributed by atoms with E-state index in [2.05, 4.69) is 10.1 Å². The molecule has 3 heterocycles. The van der Waals surface area contributed by atoms with Crippen LogP contribution in [0.4, 0.5) is 0 Å². The normalized spacial score (nSPS) is 24.8. The minimum Gasteiger partial charge on any atom is -0.381 e. The van der Waals surface area contributed by atoms with Crippen LogP contribution in [0.25, 0.3) is 0 Å². The maximum atomic E-state index is 11.5. The molecule has 0 spiro atoms. The topological polar surface area (TPSA) is 68.5 Å². The molecule has 17 heavy (non-hydrogen) atoms. The highest BCUT2D eigenvalue weighted by atomic mass is 16.5. The van der Waals surface area contributed by atoms with E-state index >= 15 is 0 Å². The summed E-state index contributed by atoms with van der Waals surface area (Å²) < 4.78 is 10.5. The van der Waals surface area contributed by atoms with Crippen LogP contribution in [0.3, 0.4) is 0 Å². The lowest BCUT2D eigenvalue weighted by Gasteiger charge is -2.11. The Balaban J connectivity index is 1.65. The number of nitrogens with zero attached hydrogens (tertiary/aromatic N) is 3. The van der Waals surface area contributed by atoms with E-state index in [1.165, 1.54) is 0 Å². The summed E-state index contributed by atoms with van der Waals surface area (Å²) in [5, 5.41) is 3.96. The second-order valence-electron chi connectivity index (χ2n) is 4.53. The van der Waals surface area contributed by atoms with Crippen molar-refractivity contribution in [3.05, 3.63) is 11.7 Å². The summed E-state index contributed by atoms with van der Waals surface area (Å²) in [5.41, 5.74) is 0. The highest BCUT2D eigenvalue weighted by Gasteiger charge is 2.25. The molecule has 2 fully saturated rings. The summed E-state index contributed by atoms with van der Waals surface area (Å²) in [6.45, 7) is 2.67. The average Bonchev–Trinajstić information content (AvgIpc) is 3.02. The third-order valence-corrected chi connectivity index (χ3v) is 3.28. The minimum absolute atomic E-state index is 0.175. The van der Waals surface area contributed by atoms with Crippen LogP contribution in [-0.2, 0) is 16.1 Å². The van der Waals surface area contributed by atoms with E-state index in [0.717, 1.165) is 26.0 Å². The lowest BCUT2D eigenvalue weighted by molar-refractivity contribution is -0.128. The van der Waals surface area contributed by atoms with Gasteiger partial charge in [0, 0.05) is 25.5 Å². The van der Waals surface area contributed by atoms with Gasteiger partial charge in [0.2, 0.25) is 11.8 Å². The molecule has 2 saturated heterocycles. The van der Waals surface area contributed by atoms with Crippen LogP contribution in [0.2, 0.25) is 0 Å². The fraction of sp³-hybridized carbons (Fsp3) is 0.727. The molecule has 2 aliphatic heterocycles. The van der Waals surface area contributed by atoms with Gasteiger partial charge in [-0.05, 0) is 12.8 Å². The summed E-state index contributed by atoms with van der Waals surface area (Å²) >= 11 is 0. The predicted molar refractivity (Wildman–Crippen MR) is 57.1 cm³/mol. The van der Waals surface area contributed by atoms with E-state index in [-0.39, 0.29) is 11.8 Å². The predicted octanol–water partition coefficient (Wildman–Crippen LogP) is 0.696. The molecule has 6 heteroatoms. The fourth-order valence-corrected chi connectivity index (χ4v) is 2.27. The zero-order valence-electron chi connectivity index (χ0n) is 9.59. The molecule has 2 aliphatic rings. The number of ether oxygens (including phenoxy) is 1. The van der Waals surface area contributed by atoms with Gasteiger partial charge in [0.15, 0.2) is 5.82 Å². The maximum absolute atomic E-state index is 11.5. The van der Waals surface area contributed by atoms with Crippen molar-refractivity contribution in [2.75, 3.05) is 19.8 Å². The van der Waals surface area contributed by atoms with Crippen molar-refractivity contribution in [3.63, 3.8) is 0 Å². The maximum Gasteiger partial charge on any atom is 0.246 e. The second-order valence-corrected chi connectivity index (χ2v) is 4.53. The first kappa shape index (κ1) is 10.7. The van der Waals surface area contributed by atoms with E-state index in [0.29, 0.717) is 31.3 Å². The Morgan fingerprint density at radius 1 is 1.47 bits per heavy atom. The fourth-order valence-electron chi connectivity index (χ4n) is 2.27. The van der Waals surface area contributed by atoms with E-state index in [1.54, 1.807) is 4.90 Å². The molecule has 0 aromatic carbocycles. The molecule has 0 unspecified atom stereocenters. The summed E-state index contributed by atoms with van der Waals surface area (Å²) in [6.07, 6.45) is 2.51. The van der Waals surface area contributed by atoms with Crippen LogP contribution < -0.4 is 0 Å². The first-order valence-corrected chi connectivity index (χ1v) is 6.01. The Morgan fingerprint density at radius 2 is 2.41 bits per heavy atom. The number of carbonyl (C=O) groups excluding carboxylic acids is 1. The van der Waals surface area contributed by atoms with Crippen molar-refractivity contribution in [2.45, 2.75) is 31.7 Å². The highest BCUT2D eigenvalue weighted by Crippen LogP contribution is 2.23. The van der Waals surface area contributed by atoms with Crippen LogP contribution >= 0.6 is 0 Å². The number of hydrogen-bond donors (Lipinski definition) is 0. The number of aromatic nitrogens is 2. The van der Waals surface area contributed by atoms with Crippen LogP contribution in [0.5, 0.6) is 0 Å². The summed E-state index contributed by atoms with van der Waals surface area (Å²) in [7, 11) is 0. The molecular weight excluding hydrogens is 222 g/mol. The molecule has 0 N–H and O–H groups in total. The van der Waals surface area contributed by atoms with Gasteiger partial charge in [-0.2, -0.15) is 4.98 Å². The van der Waals surface area contributed by atoms with Crippen LogP contribution in [-0.4, -0.2) is 40.7 Å². The van der Waals surface area contributed by atoms with E-state index in [4.69, 9.17) is 9.26 Å². The van der Waals surface area contributed by atoms with Crippen LogP contribution in [0, 0.1) is 0 Å². The van der Waals surface area contributed by atoms with Gasteiger partial charge in [0.25, 0.3) is 0 Å². The average molecular weight is 237 g/mol. The first-order chi connectivity index (χ1) is 8.33. The molecule has 1 atom stereocenters. The first-order valence-electron chi connectivity index (χ1n) is 6.01. The van der Waals surface area contributed by atoms with Gasteiger partial charge in [0.1, 0.15) is 0 Å². The smallest absolute Gasteiger partial charge is 0.246 e. The zero-order chi connectivity index (χ0) is 11.7. The summed E-state index contributed by atoms with van der Waals surface area (Å²) in [4.78, 5) is 17.6. The monoisotopic (exact) mass is 237 g/mol. The molecule has 0 bridgehead atoms. The van der Waals surface area contributed by atoms with Crippen molar-refractivity contribution in [1.82, 2.24) is 15.0 Å². The van der Waals surface area contributed by atoms with Gasteiger partial charge in [-0.3, -0.25) is 4.79 Å². The molecule has 6 nitrogen and oxygen atoms in total. The number of hydrogen-bond acceptors (Lipinski definition) is 5. The van der Waals surface area contributed by atoms with Crippen molar-refractivity contribution in [1.29, 1.82) is 0 Å². The molecule has 0 aliphatic carbocycles. The van der Waals surface area contributed by atoms with Gasteiger partial charge >= 0.3 is 0 Å². The van der Waals surface area contributed by atoms with Crippen LogP contribution in [0.15, 0.2) is 4.52 Å². The summed E-state index contributed by atoms with van der Waals surface area (Å²) in [6, 6.07) is 0. The van der Waals surface area contributed by atoms with Gasteiger partial charge in [-0.1, -0.05) is 5.16 Å². The number of amides is 1. The number of carbonyl (C=O) groups is 1. The van der Waals surface area contributed by atoms with Gasteiger partial charge in [0.05, 0.1) is 13.2 Å². The largest absolute Gasteiger partial charge is 0.381 e. The van der Waals surface area contributed by atoms with Crippen molar-refractivity contribution in [3.8, 4) is 0 Å². The van der Waals surface area contributed by atoms with Crippen molar-refractivity contribution in [2.24, 2.45) is 0 Å². The van der Waals surface area contributed by atoms with Gasteiger partial charge in [-0.15, -0.1) is 0 Å². The molecule has 0 saturated carbocycles. The quantitative estimate of drug-likeness (QED) is 0.773. The Hall–Kier alpha value is -1.43. The van der Waals surface area contributed by atoms with Gasteiger partial charge in [-0.25, -0.2) is 0 Å². The van der Waals surface area contributed by atoms with Crippen molar-refractivity contribution >= 4 is 5.91 Å². The zero-order valence-corrected chi connectivity index (χ0v) is 9.59. The molecule has 3 rings (SSSR count). The lowest BCUT2D eigenvalue weighted by atomic mass is 10.1. The summed E-state index contributed by atoms with van der Waals surface area (Å²) in [5.74, 6) is 1.67. The standard InChI is InChI=1S/C11H15N3O3/c15-10-2-1-4-14(10)6-9-12-11(13-17-9)8-3-5-16-7-8/h8H,1-7H2/t8-/m1/s1. The minimum atomic E-state index is 0.175. The Bertz CT molecular complexity index is 412. The molecule has 1 amide bonds. The second kappa shape index (κ2) is 4.44. The Kier molecular flexibility index (Phi) is 2.80. The van der Waals surface area contributed by atoms with E-state index < -0.39 is 0 Å². The van der Waals surface area contributed by atoms with E-state index in [1.807, 2.05) is 0 Å². The van der Waals surface area contributed by atoms with Crippen molar-refractivity contribution < 1.29 is 14.1 Å². The van der Waals surface area contributed by atoms with E-state index in [9.17, 15) is 4.79 Å². The molecular formula is C11H15N3O3. The SMILES string of the molecule is O=C1CCCN1Cc1nc([C@@H]2CCOC2)no1. The lowest BCUT2D eigenvalue weighted by Crippen LogP contribution is -2.24. The van der Waals surface area contributed by atoms with Gasteiger partial charge < -0.3 is 14.2 Å². The molecule has 1 aromatic heterocycles. The third kappa shape index (κ3) is 2.17. The number of rotatable bonds is 3. The number of likely N-dealkylation sites (tertiary alicyclic amines) is 1. The molecule has 92 valence electrons. The Morgan fingerprint density at radius 3 is 3.12 bits per heavy atom.